The second-order valence-corrected chi connectivity index (χ2v) is 8.56. The highest BCUT2D eigenvalue weighted by atomic mass is 16.5. The summed E-state index contributed by atoms with van der Waals surface area (Å²) in [5, 5.41) is 11.8. The van der Waals surface area contributed by atoms with E-state index in [0.29, 0.717) is 12.6 Å². The molecular formula is C23H35N7O. The average Bonchev–Trinajstić information content (AvgIpc) is 3.44. The minimum atomic E-state index is 0.278. The number of ether oxygens (including phenoxy) is 1. The highest BCUT2D eigenvalue weighted by molar-refractivity contribution is 5.80. The van der Waals surface area contributed by atoms with Crippen LogP contribution in [0.25, 0.3) is 0 Å². The number of methoxy groups -OCH3 is 1. The van der Waals surface area contributed by atoms with Crippen molar-refractivity contribution in [1.29, 1.82) is 0 Å². The van der Waals surface area contributed by atoms with Gasteiger partial charge in [-0.2, -0.15) is 5.10 Å². The van der Waals surface area contributed by atoms with Gasteiger partial charge in [-0.25, -0.2) is 9.67 Å². The molecule has 168 valence electrons. The lowest BCUT2D eigenvalue weighted by atomic mass is 10.0. The number of rotatable bonds is 7. The maximum Gasteiger partial charge on any atom is 0.191 e. The fourth-order valence-electron chi connectivity index (χ4n) is 4.55. The maximum atomic E-state index is 5.17. The number of hydrogen-bond acceptors (Lipinski definition) is 5. The van der Waals surface area contributed by atoms with Gasteiger partial charge in [-0.1, -0.05) is 29.8 Å². The van der Waals surface area contributed by atoms with Crippen molar-refractivity contribution in [3.05, 3.63) is 47.0 Å². The van der Waals surface area contributed by atoms with Crippen molar-refractivity contribution < 1.29 is 4.74 Å². The Kier molecular flexibility index (Phi) is 7.19. The van der Waals surface area contributed by atoms with Crippen LogP contribution in [0.2, 0.25) is 0 Å². The Morgan fingerprint density at radius 2 is 2.03 bits per heavy atom. The number of nitrogens with zero attached hydrogens (tertiary/aromatic N) is 5. The smallest absolute Gasteiger partial charge is 0.191 e. The lowest BCUT2D eigenvalue weighted by Crippen LogP contribution is -2.49. The van der Waals surface area contributed by atoms with Gasteiger partial charge in [-0.15, -0.1) is 0 Å². The fourth-order valence-corrected chi connectivity index (χ4v) is 4.55. The third kappa shape index (κ3) is 5.43. The second-order valence-electron chi connectivity index (χ2n) is 8.56. The molecule has 2 aromatic rings. The van der Waals surface area contributed by atoms with E-state index < -0.39 is 0 Å². The Balaban J connectivity index is 1.37. The molecule has 0 spiro atoms. The topological polar surface area (TPSA) is 79.6 Å². The van der Waals surface area contributed by atoms with Crippen molar-refractivity contribution >= 4 is 5.96 Å². The van der Waals surface area contributed by atoms with Crippen LogP contribution < -0.4 is 10.6 Å². The fraction of sp³-hybridized carbons (Fsp3) is 0.609. The number of guanidine groups is 1. The van der Waals surface area contributed by atoms with E-state index in [0.717, 1.165) is 56.6 Å². The molecule has 0 bridgehead atoms. The number of likely N-dealkylation sites (tertiary alicyclic amines) is 1. The summed E-state index contributed by atoms with van der Waals surface area (Å²) in [5.74, 6) is 2.65. The first-order valence-electron chi connectivity index (χ1n) is 11.4. The van der Waals surface area contributed by atoms with Crippen LogP contribution >= 0.6 is 0 Å². The normalized spacial score (nSPS) is 20.5. The van der Waals surface area contributed by atoms with Gasteiger partial charge in [-0.05, 0) is 44.8 Å². The monoisotopic (exact) mass is 425 g/mol. The molecule has 0 amide bonds. The van der Waals surface area contributed by atoms with Crippen LogP contribution in [0.15, 0.2) is 29.3 Å². The molecule has 2 atom stereocenters. The predicted octanol–water partition coefficient (Wildman–Crippen LogP) is 2.05. The van der Waals surface area contributed by atoms with Crippen molar-refractivity contribution in [2.75, 3.05) is 33.8 Å². The molecule has 8 heteroatoms. The number of aryl methyl sites for hydroxylation is 2. The van der Waals surface area contributed by atoms with Gasteiger partial charge in [0.25, 0.3) is 0 Å². The summed E-state index contributed by atoms with van der Waals surface area (Å²) >= 11 is 0. The molecule has 1 saturated heterocycles. The third-order valence-corrected chi connectivity index (χ3v) is 6.25. The van der Waals surface area contributed by atoms with Gasteiger partial charge in [0.2, 0.25) is 0 Å². The Bertz CT molecular complexity index is 871. The summed E-state index contributed by atoms with van der Waals surface area (Å²) in [6, 6.07) is 9.58. The Morgan fingerprint density at radius 1 is 1.26 bits per heavy atom. The van der Waals surface area contributed by atoms with E-state index in [9.17, 15) is 0 Å². The lowest BCUT2D eigenvalue weighted by Gasteiger charge is -2.30. The molecule has 4 rings (SSSR count). The standard InChI is InChI=1S/C23H35N7O/c1-17-6-8-18(9-7-17)20(29-12-4-5-13-29)14-25-23(24-2)26-19-10-11-22-27-21(16-31-3)28-30(22)15-19/h6-9,19-20H,4-5,10-16H2,1-3H3,(H2,24,25,26). The predicted molar refractivity (Wildman–Crippen MR) is 122 cm³/mol. The van der Waals surface area contributed by atoms with Crippen molar-refractivity contribution in [2.45, 2.75) is 57.8 Å². The van der Waals surface area contributed by atoms with Gasteiger partial charge in [0.15, 0.2) is 11.8 Å². The summed E-state index contributed by atoms with van der Waals surface area (Å²) in [6.45, 7) is 6.55. The second kappa shape index (κ2) is 10.2. The summed E-state index contributed by atoms with van der Waals surface area (Å²) in [5.41, 5.74) is 2.67. The maximum absolute atomic E-state index is 5.17. The summed E-state index contributed by atoms with van der Waals surface area (Å²) < 4.78 is 7.17. The van der Waals surface area contributed by atoms with Crippen molar-refractivity contribution in [2.24, 2.45) is 4.99 Å². The van der Waals surface area contributed by atoms with Crippen LogP contribution in [-0.2, 0) is 24.3 Å². The van der Waals surface area contributed by atoms with Crippen LogP contribution in [-0.4, -0.2) is 65.5 Å². The molecule has 8 nitrogen and oxygen atoms in total. The quantitative estimate of drug-likeness (QED) is 0.522. The van der Waals surface area contributed by atoms with E-state index in [-0.39, 0.29) is 6.04 Å². The number of nitrogens with one attached hydrogen (secondary N) is 2. The van der Waals surface area contributed by atoms with E-state index in [4.69, 9.17) is 4.74 Å². The minimum Gasteiger partial charge on any atom is -0.377 e. The molecule has 1 aromatic heterocycles. The Hall–Kier alpha value is -2.45. The summed E-state index contributed by atoms with van der Waals surface area (Å²) in [6.07, 6.45) is 4.48. The summed E-state index contributed by atoms with van der Waals surface area (Å²) in [4.78, 5) is 11.6. The molecule has 0 saturated carbocycles. The van der Waals surface area contributed by atoms with Crippen molar-refractivity contribution in [3.8, 4) is 0 Å². The van der Waals surface area contributed by atoms with E-state index in [2.05, 4.69) is 61.8 Å². The van der Waals surface area contributed by atoms with Crippen LogP contribution in [0.3, 0.4) is 0 Å². The van der Waals surface area contributed by atoms with Crippen LogP contribution in [0.1, 0.15) is 48.1 Å². The Morgan fingerprint density at radius 3 is 2.74 bits per heavy atom. The van der Waals surface area contributed by atoms with Crippen LogP contribution in [0.4, 0.5) is 0 Å². The molecule has 2 N–H and O–H groups in total. The molecule has 0 aliphatic carbocycles. The molecule has 2 unspecified atom stereocenters. The van der Waals surface area contributed by atoms with Crippen LogP contribution in [0.5, 0.6) is 0 Å². The molecule has 2 aliphatic rings. The lowest BCUT2D eigenvalue weighted by molar-refractivity contribution is 0.177. The van der Waals surface area contributed by atoms with Crippen molar-refractivity contribution in [3.63, 3.8) is 0 Å². The van der Waals surface area contributed by atoms with E-state index >= 15 is 0 Å². The van der Waals surface area contributed by atoms with Crippen molar-refractivity contribution in [1.82, 2.24) is 30.3 Å². The van der Waals surface area contributed by atoms with Gasteiger partial charge >= 0.3 is 0 Å². The highest BCUT2D eigenvalue weighted by Gasteiger charge is 2.25. The molecule has 1 aromatic carbocycles. The number of aliphatic imine (C=N–C) groups is 1. The third-order valence-electron chi connectivity index (χ3n) is 6.25. The molecule has 2 aliphatic heterocycles. The first kappa shape index (κ1) is 21.8. The molecular weight excluding hydrogens is 390 g/mol. The zero-order valence-corrected chi connectivity index (χ0v) is 19.0. The number of benzene rings is 1. The number of fused-ring (bicyclic) bond motifs is 1. The first-order valence-corrected chi connectivity index (χ1v) is 11.4. The molecule has 1 fully saturated rings. The van der Waals surface area contributed by atoms with E-state index in [1.165, 1.54) is 24.0 Å². The highest BCUT2D eigenvalue weighted by Crippen LogP contribution is 2.25. The zero-order chi connectivity index (χ0) is 21.6. The number of hydrogen-bond donors (Lipinski definition) is 2. The van der Waals surface area contributed by atoms with Gasteiger partial charge < -0.3 is 15.4 Å². The molecule has 3 heterocycles. The number of aromatic nitrogens is 3. The SMILES string of the molecule is CN=C(NCC(c1ccc(C)cc1)N1CCCC1)NC1CCc2nc(COC)nn2C1. The van der Waals surface area contributed by atoms with Gasteiger partial charge in [0, 0.05) is 33.2 Å². The first-order chi connectivity index (χ1) is 15.2. The van der Waals surface area contributed by atoms with E-state index in [1.807, 2.05) is 11.7 Å². The summed E-state index contributed by atoms with van der Waals surface area (Å²) in [7, 11) is 3.51. The van der Waals surface area contributed by atoms with Gasteiger partial charge in [0.1, 0.15) is 12.4 Å². The Labute approximate surface area is 185 Å². The molecule has 0 radical (unpaired) electrons. The van der Waals surface area contributed by atoms with Gasteiger partial charge in [-0.3, -0.25) is 9.89 Å². The largest absolute Gasteiger partial charge is 0.377 e. The minimum absolute atomic E-state index is 0.278. The average molecular weight is 426 g/mol. The van der Waals surface area contributed by atoms with Crippen LogP contribution in [0, 0.1) is 6.92 Å². The zero-order valence-electron chi connectivity index (χ0n) is 19.0. The molecule has 31 heavy (non-hydrogen) atoms. The van der Waals surface area contributed by atoms with Gasteiger partial charge in [0.05, 0.1) is 12.6 Å². The van der Waals surface area contributed by atoms with E-state index in [1.54, 1.807) is 7.11 Å².